The Labute approximate surface area is 179 Å². The van der Waals surface area contributed by atoms with Crippen LogP contribution in [0.2, 0.25) is 0 Å². The second-order valence-corrected chi connectivity index (χ2v) is 9.48. The fourth-order valence-corrected chi connectivity index (χ4v) is 5.58. The van der Waals surface area contributed by atoms with Gasteiger partial charge >= 0.3 is 0 Å². The van der Waals surface area contributed by atoms with E-state index in [0.29, 0.717) is 25.1 Å². The van der Waals surface area contributed by atoms with Crippen LogP contribution in [-0.2, 0) is 21.2 Å². The lowest BCUT2D eigenvalue weighted by Gasteiger charge is -2.34. The predicted molar refractivity (Wildman–Crippen MR) is 118 cm³/mol. The highest BCUT2D eigenvalue weighted by Gasteiger charge is 2.32. The average molecular weight is 431 g/mol. The van der Waals surface area contributed by atoms with Crippen molar-refractivity contribution in [3.8, 4) is 5.75 Å². The third-order valence-corrected chi connectivity index (χ3v) is 7.55. The number of carbonyl (C=O) groups is 1. The van der Waals surface area contributed by atoms with E-state index in [9.17, 15) is 13.2 Å². The molecule has 1 atom stereocenters. The van der Waals surface area contributed by atoms with Gasteiger partial charge in [0, 0.05) is 24.7 Å². The smallest absolute Gasteiger partial charge is 0.243 e. The number of amides is 1. The van der Waals surface area contributed by atoms with E-state index in [0.717, 1.165) is 37.0 Å². The number of ether oxygens (including phenoxy) is 1. The highest BCUT2D eigenvalue weighted by molar-refractivity contribution is 7.89. The van der Waals surface area contributed by atoms with E-state index >= 15 is 0 Å². The van der Waals surface area contributed by atoms with Gasteiger partial charge in [0.25, 0.3) is 0 Å². The minimum atomic E-state index is -3.51. The van der Waals surface area contributed by atoms with Crippen LogP contribution in [0.15, 0.2) is 53.4 Å². The number of carbonyl (C=O) groups excluding carboxylic acids is 1. The van der Waals surface area contributed by atoms with Gasteiger partial charge in [0.15, 0.2) is 0 Å². The van der Waals surface area contributed by atoms with Crippen LogP contribution in [0.5, 0.6) is 5.75 Å². The third-order valence-electron chi connectivity index (χ3n) is 5.59. The standard InChI is InChI=1S/C23H30N2O4S/c1-3-20-6-4-5-17-25(20)30(27,28)22-14-10-19(11-15-22)24-23(26)16-9-18-7-12-21(29-2)13-8-18/h7-8,10-15,20H,3-6,9,16-17H2,1-2H3,(H,24,26). The first kappa shape index (κ1) is 22.3. The second kappa shape index (κ2) is 10.1. The van der Waals surface area contributed by atoms with Crippen molar-refractivity contribution in [3.05, 3.63) is 54.1 Å². The Morgan fingerprint density at radius 3 is 2.43 bits per heavy atom. The van der Waals surface area contributed by atoms with Crippen molar-refractivity contribution in [2.24, 2.45) is 0 Å². The summed E-state index contributed by atoms with van der Waals surface area (Å²) in [6.45, 7) is 2.60. The first-order chi connectivity index (χ1) is 14.4. The summed E-state index contributed by atoms with van der Waals surface area (Å²) in [5.41, 5.74) is 1.65. The van der Waals surface area contributed by atoms with Gasteiger partial charge < -0.3 is 10.1 Å². The molecule has 0 bridgehead atoms. The highest BCUT2D eigenvalue weighted by Crippen LogP contribution is 2.27. The van der Waals surface area contributed by atoms with Crippen molar-refractivity contribution >= 4 is 21.6 Å². The van der Waals surface area contributed by atoms with Crippen LogP contribution in [0.3, 0.4) is 0 Å². The van der Waals surface area contributed by atoms with Crippen molar-refractivity contribution in [2.75, 3.05) is 19.0 Å². The molecule has 6 nitrogen and oxygen atoms in total. The predicted octanol–water partition coefficient (Wildman–Crippen LogP) is 4.22. The van der Waals surface area contributed by atoms with E-state index in [1.165, 1.54) is 0 Å². The molecule has 2 aromatic carbocycles. The maximum absolute atomic E-state index is 13.0. The summed E-state index contributed by atoms with van der Waals surface area (Å²) in [5, 5.41) is 2.84. The summed E-state index contributed by atoms with van der Waals surface area (Å²) in [5.74, 6) is 0.677. The molecule has 1 fully saturated rings. The molecule has 0 radical (unpaired) electrons. The molecule has 0 spiro atoms. The molecule has 0 aliphatic carbocycles. The number of rotatable bonds is 8. The lowest BCUT2D eigenvalue weighted by Crippen LogP contribution is -2.43. The number of hydrogen-bond donors (Lipinski definition) is 1. The van der Waals surface area contributed by atoms with Crippen LogP contribution in [0, 0.1) is 0 Å². The van der Waals surface area contributed by atoms with E-state index in [2.05, 4.69) is 5.32 Å². The van der Waals surface area contributed by atoms with E-state index < -0.39 is 10.0 Å². The van der Waals surface area contributed by atoms with Crippen molar-refractivity contribution < 1.29 is 17.9 Å². The summed E-state index contributed by atoms with van der Waals surface area (Å²) in [6.07, 6.45) is 4.68. The summed E-state index contributed by atoms with van der Waals surface area (Å²) in [7, 11) is -1.89. The lowest BCUT2D eigenvalue weighted by molar-refractivity contribution is -0.116. The van der Waals surface area contributed by atoms with Gasteiger partial charge in [-0.25, -0.2) is 8.42 Å². The quantitative estimate of drug-likeness (QED) is 0.680. The molecule has 1 aliphatic heterocycles. The zero-order valence-electron chi connectivity index (χ0n) is 17.6. The summed E-state index contributed by atoms with van der Waals surface area (Å²) >= 11 is 0. The normalized spacial score (nSPS) is 17.5. The van der Waals surface area contributed by atoms with E-state index in [1.807, 2.05) is 31.2 Å². The SMILES string of the molecule is CCC1CCCCN1S(=O)(=O)c1ccc(NC(=O)CCc2ccc(OC)cc2)cc1. The number of nitrogens with one attached hydrogen (secondary N) is 1. The Morgan fingerprint density at radius 1 is 1.10 bits per heavy atom. The van der Waals surface area contributed by atoms with Crippen molar-refractivity contribution in [1.82, 2.24) is 4.31 Å². The maximum Gasteiger partial charge on any atom is 0.243 e. The lowest BCUT2D eigenvalue weighted by atomic mass is 10.0. The number of methoxy groups -OCH3 is 1. The Hall–Kier alpha value is -2.38. The van der Waals surface area contributed by atoms with Gasteiger partial charge in [-0.3, -0.25) is 4.79 Å². The van der Waals surface area contributed by atoms with Gasteiger partial charge in [0.2, 0.25) is 15.9 Å². The minimum Gasteiger partial charge on any atom is -0.497 e. The molecule has 1 aliphatic rings. The molecule has 1 N–H and O–H groups in total. The molecule has 0 aromatic heterocycles. The van der Waals surface area contributed by atoms with Gasteiger partial charge in [-0.15, -0.1) is 0 Å². The number of nitrogens with zero attached hydrogens (tertiary/aromatic N) is 1. The molecule has 1 amide bonds. The molecular weight excluding hydrogens is 400 g/mol. The third kappa shape index (κ3) is 5.40. The number of sulfonamides is 1. The van der Waals surface area contributed by atoms with Gasteiger partial charge in [-0.2, -0.15) is 4.31 Å². The van der Waals surface area contributed by atoms with Crippen molar-refractivity contribution in [3.63, 3.8) is 0 Å². The molecule has 1 heterocycles. The Bertz CT molecular complexity index is 940. The Kier molecular flexibility index (Phi) is 7.50. The highest BCUT2D eigenvalue weighted by atomic mass is 32.2. The fourth-order valence-electron chi connectivity index (χ4n) is 3.82. The van der Waals surface area contributed by atoms with Gasteiger partial charge in [-0.1, -0.05) is 25.5 Å². The van der Waals surface area contributed by atoms with Crippen LogP contribution in [0.4, 0.5) is 5.69 Å². The van der Waals surface area contributed by atoms with Crippen LogP contribution in [0.1, 0.15) is 44.6 Å². The van der Waals surface area contributed by atoms with Crippen LogP contribution in [0.25, 0.3) is 0 Å². The molecule has 7 heteroatoms. The fraction of sp³-hybridized carbons (Fsp3) is 0.435. The summed E-state index contributed by atoms with van der Waals surface area (Å²) < 4.78 is 32.8. The zero-order chi connectivity index (χ0) is 21.6. The van der Waals surface area contributed by atoms with E-state index in [-0.39, 0.29) is 16.8 Å². The number of aryl methyl sites for hydroxylation is 1. The number of hydrogen-bond acceptors (Lipinski definition) is 4. The Morgan fingerprint density at radius 2 is 1.80 bits per heavy atom. The maximum atomic E-state index is 13.0. The Balaban J connectivity index is 1.58. The first-order valence-electron chi connectivity index (χ1n) is 10.5. The van der Waals surface area contributed by atoms with E-state index in [1.54, 1.807) is 35.7 Å². The summed E-state index contributed by atoms with van der Waals surface area (Å²) in [4.78, 5) is 12.5. The second-order valence-electron chi connectivity index (χ2n) is 7.59. The summed E-state index contributed by atoms with van der Waals surface area (Å²) in [6, 6.07) is 14.2. The number of benzene rings is 2. The van der Waals surface area contributed by atoms with Crippen molar-refractivity contribution in [2.45, 2.75) is 56.4 Å². The molecule has 1 unspecified atom stereocenters. The minimum absolute atomic E-state index is 0.0704. The van der Waals surface area contributed by atoms with Gasteiger partial charge in [0.05, 0.1) is 12.0 Å². The van der Waals surface area contributed by atoms with Crippen LogP contribution >= 0.6 is 0 Å². The molecule has 162 valence electrons. The first-order valence-corrected chi connectivity index (χ1v) is 11.9. The van der Waals surface area contributed by atoms with E-state index in [4.69, 9.17) is 4.74 Å². The largest absolute Gasteiger partial charge is 0.497 e. The van der Waals surface area contributed by atoms with Crippen molar-refractivity contribution in [1.29, 1.82) is 0 Å². The topological polar surface area (TPSA) is 75.7 Å². The number of piperidine rings is 1. The molecule has 3 rings (SSSR count). The van der Waals surface area contributed by atoms with Crippen LogP contribution < -0.4 is 10.1 Å². The van der Waals surface area contributed by atoms with Crippen LogP contribution in [-0.4, -0.2) is 38.3 Å². The van der Waals surface area contributed by atoms with Gasteiger partial charge in [-0.05, 0) is 67.6 Å². The monoisotopic (exact) mass is 430 g/mol. The molecule has 2 aromatic rings. The number of anilines is 1. The average Bonchev–Trinajstić information content (AvgIpc) is 2.78. The van der Waals surface area contributed by atoms with Gasteiger partial charge in [0.1, 0.15) is 5.75 Å². The zero-order valence-corrected chi connectivity index (χ0v) is 18.5. The molecular formula is C23H30N2O4S. The molecule has 1 saturated heterocycles. The molecule has 30 heavy (non-hydrogen) atoms. The molecule has 0 saturated carbocycles.